The molecule has 0 unspecified atom stereocenters. The summed E-state index contributed by atoms with van der Waals surface area (Å²) in [5, 5.41) is 5.21. The van der Waals surface area contributed by atoms with Crippen LogP contribution in [0.3, 0.4) is 0 Å². The SMILES string of the molecule is Cn1ncc2c(Cl)nc(COCc3ccco3)nc21. The van der Waals surface area contributed by atoms with Crippen LogP contribution in [0.5, 0.6) is 0 Å². The van der Waals surface area contributed by atoms with Gasteiger partial charge in [0.2, 0.25) is 0 Å². The van der Waals surface area contributed by atoms with E-state index in [9.17, 15) is 0 Å². The maximum atomic E-state index is 6.08. The van der Waals surface area contributed by atoms with Gasteiger partial charge in [-0.15, -0.1) is 0 Å². The minimum absolute atomic E-state index is 0.265. The quantitative estimate of drug-likeness (QED) is 0.685. The number of furan rings is 1. The fourth-order valence-corrected chi connectivity index (χ4v) is 1.96. The topological polar surface area (TPSA) is 66.0 Å². The van der Waals surface area contributed by atoms with Crippen LogP contribution in [0, 0.1) is 0 Å². The van der Waals surface area contributed by atoms with Crippen LogP contribution in [0.2, 0.25) is 5.15 Å². The van der Waals surface area contributed by atoms with Crippen molar-refractivity contribution in [3.8, 4) is 0 Å². The molecule has 0 aromatic carbocycles. The third-order valence-electron chi connectivity index (χ3n) is 2.65. The number of hydrogen-bond acceptors (Lipinski definition) is 5. The van der Waals surface area contributed by atoms with Gasteiger partial charge in [0.05, 0.1) is 17.8 Å². The highest BCUT2D eigenvalue weighted by molar-refractivity contribution is 6.33. The normalized spacial score (nSPS) is 11.3. The predicted molar refractivity (Wildman–Crippen MR) is 68.5 cm³/mol. The molecule has 0 aliphatic heterocycles. The highest BCUT2D eigenvalue weighted by Crippen LogP contribution is 2.19. The molecule has 0 radical (unpaired) electrons. The van der Waals surface area contributed by atoms with Crippen molar-refractivity contribution in [2.24, 2.45) is 7.05 Å². The zero-order valence-corrected chi connectivity index (χ0v) is 11.0. The molecule has 0 saturated carbocycles. The summed E-state index contributed by atoms with van der Waals surface area (Å²) in [5.74, 6) is 1.28. The van der Waals surface area contributed by atoms with E-state index in [-0.39, 0.29) is 6.61 Å². The van der Waals surface area contributed by atoms with Crippen molar-refractivity contribution in [1.29, 1.82) is 0 Å². The Labute approximate surface area is 114 Å². The molecule has 0 amide bonds. The second kappa shape index (κ2) is 4.99. The van der Waals surface area contributed by atoms with Crippen LogP contribution in [0.1, 0.15) is 11.6 Å². The van der Waals surface area contributed by atoms with E-state index in [1.54, 1.807) is 24.2 Å². The van der Waals surface area contributed by atoms with Gasteiger partial charge in [0, 0.05) is 7.05 Å². The van der Waals surface area contributed by atoms with Crippen molar-refractivity contribution in [2.75, 3.05) is 0 Å². The molecule has 0 bridgehead atoms. The molecular weight excluding hydrogens is 268 g/mol. The van der Waals surface area contributed by atoms with Gasteiger partial charge < -0.3 is 9.15 Å². The van der Waals surface area contributed by atoms with E-state index in [2.05, 4.69) is 15.1 Å². The zero-order valence-electron chi connectivity index (χ0n) is 10.2. The molecule has 98 valence electrons. The van der Waals surface area contributed by atoms with Crippen LogP contribution < -0.4 is 0 Å². The first kappa shape index (κ1) is 12.1. The summed E-state index contributed by atoms with van der Waals surface area (Å²) in [5.41, 5.74) is 0.691. The standard InChI is InChI=1S/C12H11ClN4O2/c1-17-12-9(5-14-17)11(13)15-10(16-12)7-18-6-8-3-2-4-19-8/h2-5H,6-7H2,1H3. The van der Waals surface area contributed by atoms with Gasteiger partial charge in [-0.05, 0) is 12.1 Å². The summed E-state index contributed by atoms with van der Waals surface area (Å²) >= 11 is 6.08. The first-order valence-electron chi connectivity index (χ1n) is 5.68. The van der Waals surface area contributed by atoms with Crippen LogP contribution in [0.25, 0.3) is 11.0 Å². The number of nitrogens with zero attached hydrogens (tertiary/aromatic N) is 4. The molecule has 0 atom stereocenters. The lowest BCUT2D eigenvalue weighted by atomic mass is 10.4. The van der Waals surface area contributed by atoms with Crippen molar-refractivity contribution in [1.82, 2.24) is 19.7 Å². The van der Waals surface area contributed by atoms with E-state index >= 15 is 0 Å². The molecule has 0 saturated heterocycles. The van der Waals surface area contributed by atoms with Gasteiger partial charge in [-0.3, -0.25) is 4.68 Å². The van der Waals surface area contributed by atoms with E-state index in [1.165, 1.54) is 0 Å². The monoisotopic (exact) mass is 278 g/mol. The molecule has 19 heavy (non-hydrogen) atoms. The average Bonchev–Trinajstić information content (AvgIpc) is 3.01. The number of aromatic nitrogens is 4. The molecule has 3 rings (SSSR count). The van der Waals surface area contributed by atoms with E-state index in [1.807, 2.05) is 12.1 Å². The summed E-state index contributed by atoms with van der Waals surface area (Å²) in [6.45, 7) is 0.638. The molecule has 0 aliphatic carbocycles. The Morgan fingerprint density at radius 2 is 2.26 bits per heavy atom. The van der Waals surface area contributed by atoms with E-state index in [0.29, 0.717) is 23.2 Å². The first-order valence-corrected chi connectivity index (χ1v) is 6.06. The second-order valence-corrected chi connectivity index (χ2v) is 4.37. The second-order valence-electron chi connectivity index (χ2n) is 4.01. The van der Waals surface area contributed by atoms with Crippen LogP contribution in [-0.4, -0.2) is 19.7 Å². The highest BCUT2D eigenvalue weighted by atomic mass is 35.5. The van der Waals surface area contributed by atoms with Gasteiger partial charge in [0.15, 0.2) is 11.5 Å². The molecule has 3 aromatic heterocycles. The third-order valence-corrected chi connectivity index (χ3v) is 2.94. The Bertz CT molecular complexity index is 693. The smallest absolute Gasteiger partial charge is 0.162 e. The Hall–Kier alpha value is -1.92. The molecule has 0 aliphatic rings. The molecule has 0 N–H and O–H groups in total. The molecule has 7 heteroatoms. The lowest BCUT2D eigenvalue weighted by Crippen LogP contribution is -2.02. The Morgan fingerprint density at radius 3 is 3.05 bits per heavy atom. The van der Waals surface area contributed by atoms with Gasteiger partial charge in [-0.1, -0.05) is 11.6 Å². The molecule has 3 heterocycles. The number of rotatable bonds is 4. The predicted octanol–water partition coefficient (Wildman–Crippen LogP) is 2.33. The van der Waals surface area contributed by atoms with Crippen LogP contribution in [0.4, 0.5) is 0 Å². The number of ether oxygens (including phenoxy) is 1. The number of hydrogen-bond donors (Lipinski definition) is 0. The van der Waals surface area contributed by atoms with Crippen molar-refractivity contribution < 1.29 is 9.15 Å². The molecule has 3 aromatic rings. The van der Waals surface area contributed by atoms with Crippen molar-refractivity contribution in [2.45, 2.75) is 13.2 Å². The van der Waals surface area contributed by atoms with E-state index in [4.69, 9.17) is 20.8 Å². The maximum Gasteiger partial charge on any atom is 0.162 e. The summed E-state index contributed by atoms with van der Waals surface area (Å²) in [7, 11) is 1.80. The Kier molecular flexibility index (Phi) is 3.18. The first-order chi connectivity index (χ1) is 9.24. The Morgan fingerprint density at radius 1 is 1.37 bits per heavy atom. The highest BCUT2D eigenvalue weighted by Gasteiger charge is 2.10. The van der Waals surface area contributed by atoms with E-state index in [0.717, 1.165) is 11.1 Å². The molecular formula is C12H11ClN4O2. The lowest BCUT2D eigenvalue weighted by Gasteiger charge is -2.03. The number of fused-ring (bicyclic) bond motifs is 1. The number of aryl methyl sites for hydroxylation is 1. The minimum Gasteiger partial charge on any atom is -0.467 e. The van der Waals surface area contributed by atoms with E-state index < -0.39 is 0 Å². The zero-order chi connectivity index (χ0) is 13.2. The van der Waals surface area contributed by atoms with Gasteiger partial charge in [-0.25, -0.2) is 9.97 Å². The average molecular weight is 279 g/mol. The van der Waals surface area contributed by atoms with Crippen LogP contribution >= 0.6 is 11.6 Å². The Balaban J connectivity index is 1.75. The third kappa shape index (κ3) is 2.45. The van der Waals surface area contributed by atoms with Gasteiger partial charge in [0.1, 0.15) is 24.1 Å². The lowest BCUT2D eigenvalue weighted by molar-refractivity contribution is 0.0883. The summed E-state index contributed by atoms with van der Waals surface area (Å²) < 4.78 is 12.3. The van der Waals surface area contributed by atoms with Gasteiger partial charge in [0.25, 0.3) is 0 Å². The van der Waals surface area contributed by atoms with Crippen molar-refractivity contribution in [3.63, 3.8) is 0 Å². The van der Waals surface area contributed by atoms with Gasteiger partial charge >= 0.3 is 0 Å². The van der Waals surface area contributed by atoms with Crippen molar-refractivity contribution in [3.05, 3.63) is 41.3 Å². The number of halogens is 1. The summed E-state index contributed by atoms with van der Waals surface area (Å²) in [6.07, 6.45) is 3.25. The molecule has 0 spiro atoms. The maximum absolute atomic E-state index is 6.08. The fourth-order valence-electron chi connectivity index (χ4n) is 1.73. The molecule has 6 nitrogen and oxygen atoms in total. The summed E-state index contributed by atoms with van der Waals surface area (Å²) in [4.78, 5) is 8.54. The minimum atomic E-state index is 0.265. The van der Waals surface area contributed by atoms with Crippen LogP contribution in [-0.2, 0) is 25.0 Å². The fraction of sp³-hybridized carbons (Fsp3) is 0.250. The van der Waals surface area contributed by atoms with Crippen molar-refractivity contribution >= 4 is 22.6 Å². The van der Waals surface area contributed by atoms with Crippen LogP contribution in [0.15, 0.2) is 29.0 Å². The largest absolute Gasteiger partial charge is 0.467 e. The summed E-state index contributed by atoms with van der Waals surface area (Å²) in [6, 6.07) is 3.66. The van der Waals surface area contributed by atoms with Gasteiger partial charge in [-0.2, -0.15) is 5.10 Å². The molecule has 0 fully saturated rings.